The van der Waals surface area contributed by atoms with Gasteiger partial charge in [0, 0.05) is 19.2 Å². The van der Waals surface area contributed by atoms with Crippen molar-refractivity contribution in [2.75, 3.05) is 11.9 Å². The minimum atomic E-state index is -0.262. The molecular weight excluding hydrogens is 293 g/mol. The average Bonchev–Trinajstić information content (AvgIpc) is 2.48. The molecule has 0 saturated heterocycles. The van der Waals surface area contributed by atoms with Gasteiger partial charge >= 0.3 is 0 Å². The third-order valence-electron chi connectivity index (χ3n) is 3.10. The van der Waals surface area contributed by atoms with Gasteiger partial charge in [0.1, 0.15) is 5.82 Å². The van der Waals surface area contributed by atoms with Crippen molar-refractivity contribution < 1.29 is 9.60 Å². The minimum Gasteiger partial charge on any atom is -0.409 e. The van der Waals surface area contributed by atoms with Crippen LogP contribution in [0.3, 0.4) is 0 Å². The SMILES string of the molecule is CN(Cc1ccc(F)cc1)c1ccc(C(N)=NO)cc1Cl. The van der Waals surface area contributed by atoms with Crippen LogP contribution < -0.4 is 10.6 Å². The summed E-state index contributed by atoms with van der Waals surface area (Å²) in [4.78, 5) is 1.94. The molecule has 0 unspecified atom stereocenters. The lowest BCUT2D eigenvalue weighted by molar-refractivity contribution is 0.318. The van der Waals surface area contributed by atoms with E-state index < -0.39 is 0 Å². The summed E-state index contributed by atoms with van der Waals surface area (Å²) in [6.07, 6.45) is 0. The molecule has 0 radical (unpaired) electrons. The van der Waals surface area contributed by atoms with Crippen LogP contribution in [0.5, 0.6) is 0 Å². The van der Waals surface area contributed by atoms with Crippen LogP contribution in [-0.2, 0) is 6.54 Å². The van der Waals surface area contributed by atoms with E-state index in [1.807, 2.05) is 11.9 Å². The Balaban J connectivity index is 2.19. The van der Waals surface area contributed by atoms with Crippen molar-refractivity contribution in [3.8, 4) is 0 Å². The summed E-state index contributed by atoms with van der Waals surface area (Å²) >= 11 is 6.22. The van der Waals surface area contributed by atoms with Gasteiger partial charge in [-0.15, -0.1) is 0 Å². The molecule has 3 N–H and O–H groups in total. The Labute approximate surface area is 127 Å². The van der Waals surface area contributed by atoms with Crippen molar-refractivity contribution in [2.45, 2.75) is 6.54 Å². The number of anilines is 1. The van der Waals surface area contributed by atoms with Gasteiger partial charge in [0.15, 0.2) is 5.84 Å². The Kier molecular flexibility index (Phi) is 4.65. The molecule has 0 aliphatic carbocycles. The van der Waals surface area contributed by atoms with Gasteiger partial charge in [-0.2, -0.15) is 0 Å². The second-order valence-corrected chi connectivity index (χ2v) is 5.04. The fraction of sp³-hybridized carbons (Fsp3) is 0.133. The van der Waals surface area contributed by atoms with E-state index in [2.05, 4.69) is 5.16 Å². The zero-order valence-corrected chi connectivity index (χ0v) is 12.2. The second-order valence-electron chi connectivity index (χ2n) is 4.63. The third kappa shape index (κ3) is 3.64. The van der Waals surface area contributed by atoms with Gasteiger partial charge in [-0.1, -0.05) is 28.9 Å². The van der Waals surface area contributed by atoms with Crippen LogP contribution in [0.1, 0.15) is 11.1 Å². The van der Waals surface area contributed by atoms with E-state index in [-0.39, 0.29) is 11.7 Å². The lowest BCUT2D eigenvalue weighted by atomic mass is 10.1. The highest BCUT2D eigenvalue weighted by Crippen LogP contribution is 2.27. The van der Waals surface area contributed by atoms with Crippen LogP contribution in [0.25, 0.3) is 0 Å². The highest BCUT2D eigenvalue weighted by molar-refractivity contribution is 6.33. The number of oxime groups is 1. The number of amidine groups is 1. The number of rotatable bonds is 4. The maximum Gasteiger partial charge on any atom is 0.170 e. The number of benzene rings is 2. The van der Waals surface area contributed by atoms with E-state index in [1.165, 1.54) is 12.1 Å². The lowest BCUT2D eigenvalue weighted by Gasteiger charge is -2.21. The van der Waals surface area contributed by atoms with Gasteiger partial charge in [0.2, 0.25) is 0 Å². The van der Waals surface area contributed by atoms with Gasteiger partial charge in [-0.05, 0) is 35.9 Å². The molecule has 0 atom stereocenters. The number of nitrogens with two attached hydrogens (primary N) is 1. The zero-order chi connectivity index (χ0) is 15.4. The molecular formula is C15H15ClFN3O. The van der Waals surface area contributed by atoms with Crippen LogP contribution in [0, 0.1) is 5.82 Å². The maximum atomic E-state index is 12.9. The van der Waals surface area contributed by atoms with Gasteiger partial charge in [-0.3, -0.25) is 0 Å². The summed E-state index contributed by atoms with van der Waals surface area (Å²) in [5, 5.41) is 12.1. The Morgan fingerprint density at radius 1 is 1.29 bits per heavy atom. The largest absolute Gasteiger partial charge is 0.409 e. The molecule has 0 aliphatic heterocycles. The number of nitrogens with zero attached hydrogens (tertiary/aromatic N) is 2. The summed E-state index contributed by atoms with van der Waals surface area (Å²) in [7, 11) is 1.88. The fourth-order valence-electron chi connectivity index (χ4n) is 1.98. The van der Waals surface area contributed by atoms with Crippen LogP contribution in [0.4, 0.5) is 10.1 Å². The van der Waals surface area contributed by atoms with Crippen LogP contribution in [0.15, 0.2) is 47.6 Å². The first kappa shape index (κ1) is 15.1. The molecule has 6 heteroatoms. The molecule has 0 fully saturated rings. The first-order chi connectivity index (χ1) is 10.0. The lowest BCUT2D eigenvalue weighted by Crippen LogP contribution is -2.18. The zero-order valence-electron chi connectivity index (χ0n) is 11.4. The molecule has 0 bridgehead atoms. The van der Waals surface area contributed by atoms with Crippen molar-refractivity contribution in [3.63, 3.8) is 0 Å². The highest BCUT2D eigenvalue weighted by atomic mass is 35.5. The number of hydrogen-bond donors (Lipinski definition) is 2. The van der Waals surface area contributed by atoms with Crippen molar-refractivity contribution in [1.29, 1.82) is 0 Å². The molecule has 0 amide bonds. The number of halogens is 2. The molecule has 0 heterocycles. The van der Waals surface area contributed by atoms with E-state index in [0.717, 1.165) is 11.3 Å². The Bertz CT molecular complexity index is 658. The van der Waals surface area contributed by atoms with Crippen molar-refractivity contribution in [1.82, 2.24) is 0 Å². The summed E-state index contributed by atoms with van der Waals surface area (Å²) in [6.45, 7) is 0.586. The summed E-state index contributed by atoms with van der Waals surface area (Å²) < 4.78 is 12.9. The standard InChI is InChI=1S/C15H15ClFN3O/c1-20(9-10-2-5-12(17)6-3-10)14-7-4-11(8-13(14)16)15(18)19-21/h2-8,21H,9H2,1H3,(H2,18,19). The minimum absolute atomic E-state index is 0.00429. The quantitative estimate of drug-likeness (QED) is 0.394. The van der Waals surface area contributed by atoms with Gasteiger partial charge in [0.05, 0.1) is 10.7 Å². The Morgan fingerprint density at radius 2 is 1.95 bits per heavy atom. The molecule has 0 saturated carbocycles. The average molecular weight is 308 g/mol. The first-order valence-corrected chi connectivity index (χ1v) is 6.62. The van der Waals surface area contributed by atoms with E-state index >= 15 is 0 Å². The first-order valence-electron chi connectivity index (χ1n) is 6.24. The van der Waals surface area contributed by atoms with Crippen molar-refractivity contribution in [2.24, 2.45) is 10.9 Å². The normalized spacial score (nSPS) is 11.5. The predicted molar refractivity (Wildman–Crippen MR) is 82.5 cm³/mol. The van der Waals surface area contributed by atoms with Crippen LogP contribution in [0.2, 0.25) is 5.02 Å². The third-order valence-corrected chi connectivity index (χ3v) is 3.40. The molecule has 2 aromatic carbocycles. The molecule has 21 heavy (non-hydrogen) atoms. The molecule has 0 aliphatic rings. The molecule has 0 aromatic heterocycles. The summed E-state index contributed by atoms with van der Waals surface area (Å²) in [5.41, 5.74) is 7.83. The molecule has 4 nitrogen and oxygen atoms in total. The Hall–Kier alpha value is -2.27. The van der Waals surface area contributed by atoms with Gasteiger partial charge < -0.3 is 15.8 Å². The van der Waals surface area contributed by atoms with E-state index in [0.29, 0.717) is 17.1 Å². The molecule has 0 spiro atoms. The monoisotopic (exact) mass is 307 g/mol. The van der Waals surface area contributed by atoms with E-state index in [1.54, 1.807) is 30.3 Å². The molecule has 2 rings (SSSR count). The van der Waals surface area contributed by atoms with Crippen LogP contribution >= 0.6 is 11.6 Å². The van der Waals surface area contributed by atoms with E-state index in [4.69, 9.17) is 22.5 Å². The Morgan fingerprint density at radius 3 is 2.52 bits per heavy atom. The highest BCUT2D eigenvalue weighted by Gasteiger charge is 2.09. The summed E-state index contributed by atoms with van der Waals surface area (Å²) in [6, 6.07) is 11.4. The smallest absolute Gasteiger partial charge is 0.170 e. The van der Waals surface area contributed by atoms with Gasteiger partial charge in [0.25, 0.3) is 0 Å². The molecule has 2 aromatic rings. The van der Waals surface area contributed by atoms with Gasteiger partial charge in [-0.25, -0.2) is 4.39 Å². The fourth-order valence-corrected chi connectivity index (χ4v) is 2.31. The predicted octanol–water partition coefficient (Wildman–Crippen LogP) is 3.21. The topological polar surface area (TPSA) is 61.8 Å². The van der Waals surface area contributed by atoms with Crippen molar-refractivity contribution in [3.05, 3.63) is 64.4 Å². The van der Waals surface area contributed by atoms with Crippen molar-refractivity contribution >= 4 is 23.1 Å². The maximum absolute atomic E-state index is 12.9. The number of hydrogen-bond acceptors (Lipinski definition) is 3. The summed E-state index contributed by atoms with van der Waals surface area (Å²) in [5.74, 6) is -0.257. The van der Waals surface area contributed by atoms with Crippen LogP contribution in [-0.4, -0.2) is 18.1 Å². The van der Waals surface area contributed by atoms with E-state index in [9.17, 15) is 4.39 Å². The molecule has 110 valence electrons. The second kappa shape index (κ2) is 6.45.